The minimum absolute atomic E-state index is 0.0159. The van der Waals surface area contributed by atoms with E-state index in [1.165, 1.54) is 16.7 Å². The fourth-order valence-electron chi connectivity index (χ4n) is 6.14. The van der Waals surface area contributed by atoms with Crippen molar-refractivity contribution in [3.8, 4) is 23.1 Å². The second kappa shape index (κ2) is 12.6. The average molecular weight is 690 g/mol. The van der Waals surface area contributed by atoms with Gasteiger partial charge in [-0.2, -0.15) is 9.65 Å². The Morgan fingerprint density at radius 3 is 2.41 bits per heavy atom. The lowest BCUT2D eigenvalue weighted by Gasteiger charge is -2.38. The molecule has 0 spiro atoms. The van der Waals surface area contributed by atoms with Gasteiger partial charge >= 0.3 is 0 Å². The summed E-state index contributed by atoms with van der Waals surface area (Å²) < 4.78 is 30.5. The Hall–Kier alpha value is -4.11. The van der Waals surface area contributed by atoms with Crippen LogP contribution in [-0.2, 0) is 4.79 Å². The zero-order valence-electron chi connectivity index (χ0n) is 25.3. The van der Waals surface area contributed by atoms with Crippen molar-refractivity contribution in [1.29, 1.82) is 5.26 Å². The van der Waals surface area contributed by atoms with Gasteiger partial charge < -0.3 is 19.8 Å². The molecule has 1 atom stereocenters. The fraction of sp³-hybridized carbons (Fsp3) is 0.312. The maximum atomic E-state index is 14.8. The summed E-state index contributed by atoms with van der Waals surface area (Å²) in [6, 6.07) is 3.19. The van der Waals surface area contributed by atoms with Crippen LogP contribution >= 0.6 is 34.8 Å². The molecule has 1 aromatic carbocycles. The number of hydrogen-bond acceptors (Lipinski definition) is 7. The van der Waals surface area contributed by atoms with E-state index < -0.39 is 38.6 Å². The first-order valence-corrected chi connectivity index (χ1v) is 15.4. The number of hydrogen-bond donors (Lipinski definition) is 1. The minimum atomic E-state index is -1.65. The molecule has 1 unspecified atom stereocenters. The number of benzene rings is 1. The van der Waals surface area contributed by atoms with Crippen molar-refractivity contribution in [3.63, 3.8) is 0 Å². The molecule has 240 valence electrons. The van der Waals surface area contributed by atoms with Crippen molar-refractivity contribution in [2.75, 3.05) is 38.1 Å². The lowest BCUT2D eigenvalue weighted by molar-refractivity contribution is -0.126. The molecule has 9 nitrogen and oxygen atoms in total. The van der Waals surface area contributed by atoms with Gasteiger partial charge in [-0.05, 0) is 42.8 Å². The normalized spacial score (nSPS) is 16.9. The van der Waals surface area contributed by atoms with Gasteiger partial charge in [0.2, 0.25) is 11.7 Å². The number of carbonyl (C=O) groups excluding carboxylic acids is 1. The van der Waals surface area contributed by atoms with Gasteiger partial charge in [0.25, 0.3) is 5.56 Å². The molecular formula is C32H29Cl3F2N6O3. The van der Waals surface area contributed by atoms with E-state index in [0.29, 0.717) is 24.2 Å². The molecule has 14 heteroatoms. The summed E-state index contributed by atoms with van der Waals surface area (Å²) in [7, 11) is 1.86. The zero-order valence-corrected chi connectivity index (χ0v) is 27.6. The number of phenols is 1. The summed E-state index contributed by atoms with van der Waals surface area (Å²) in [4.78, 5) is 36.8. The van der Waals surface area contributed by atoms with Crippen LogP contribution in [0, 0.1) is 28.9 Å². The molecule has 5 rings (SSSR count). The van der Waals surface area contributed by atoms with E-state index in [1.54, 1.807) is 4.90 Å². The highest BCUT2D eigenvalue weighted by atomic mass is 35.5. The van der Waals surface area contributed by atoms with Gasteiger partial charge in [-0.15, -0.1) is 0 Å². The lowest BCUT2D eigenvalue weighted by atomic mass is 9.93. The summed E-state index contributed by atoms with van der Waals surface area (Å²) in [6.45, 7) is 10.5. The standard InChI is InChI=1S/C32H29Cl3F2N6O3/c1-6-20(44)41-9-11-42(12-10-41)29-17-13-19(33)26(21-22(34)23(35)24(36)25(37)30(21)45)39-31(17)43(32(46)18(29)14-38)28-16(4)7-8-40(5)27(28)15(2)3/h6-8,13,15,27,45H,1,9-12H2,2-5H3. The largest absolute Gasteiger partial charge is 0.504 e. The number of pyridine rings is 2. The van der Waals surface area contributed by atoms with Gasteiger partial charge in [-0.1, -0.05) is 55.2 Å². The number of halogens is 5. The van der Waals surface area contributed by atoms with Crippen molar-refractivity contribution in [2.45, 2.75) is 26.8 Å². The molecule has 2 aliphatic heterocycles. The molecule has 0 bridgehead atoms. The first kappa shape index (κ1) is 33.3. The predicted molar refractivity (Wildman–Crippen MR) is 176 cm³/mol. The number of allylic oxidation sites excluding steroid dienone is 2. The van der Waals surface area contributed by atoms with E-state index in [4.69, 9.17) is 39.8 Å². The Balaban J connectivity index is 1.91. The Morgan fingerprint density at radius 1 is 1.17 bits per heavy atom. The molecule has 1 N–H and O–H groups in total. The molecule has 1 fully saturated rings. The van der Waals surface area contributed by atoms with E-state index in [1.807, 2.05) is 49.9 Å². The third-order valence-corrected chi connectivity index (χ3v) is 9.42. The van der Waals surface area contributed by atoms with Crippen LogP contribution in [-0.4, -0.2) is 69.6 Å². The minimum Gasteiger partial charge on any atom is -0.504 e. The zero-order chi connectivity index (χ0) is 33.8. The predicted octanol–water partition coefficient (Wildman–Crippen LogP) is 6.43. The highest BCUT2D eigenvalue weighted by Crippen LogP contribution is 2.47. The van der Waals surface area contributed by atoms with Gasteiger partial charge in [-0.3, -0.25) is 14.2 Å². The van der Waals surface area contributed by atoms with Gasteiger partial charge in [0.15, 0.2) is 11.6 Å². The molecule has 46 heavy (non-hydrogen) atoms. The molecular weight excluding hydrogens is 661 g/mol. The number of piperazine rings is 1. The number of likely N-dealkylation sites (N-methyl/N-ethyl adjacent to an activating group) is 1. The van der Waals surface area contributed by atoms with Crippen LogP contribution in [0.1, 0.15) is 26.3 Å². The Morgan fingerprint density at radius 2 is 1.83 bits per heavy atom. The molecule has 2 aliphatic rings. The number of aromatic nitrogens is 2. The number of rotatable bonds is 5. The average Bonchev–Trinajstić information content (AvgIpc) is 3.03. The Labute approximate surface area is 278 Å². The highest BCUT2D eigenvalue weighted by molar-refractivity contribution is 6.44. The van der Waals surface area contributed by atoms with Gasteiger partial charge in [0.05, 0.1) is 43.8 Å². The number of carbonyl (C=O) groups is 1. The molecule has 4 heterocycles. The third kappa shape index (κ3) is 5.28. The fourth-order valence-corrected chi connectivity index (χ4v) is 6.83. The number of aromatic hydroxyl groups is 1. The molecule has 0 saturated carbocycles. The van der Waals surface area contributed by atoms with E-state index in [9.17, 15) is 28.7 Å². The molecule has 2 aromatic heterocycles. The van der Waals surface area contributed by atoms with Crippen LogP contribution in [0.5, 0.6) is 5.75 Å². The molecule has 1 amide bonds. The first-order valence-electron chi connectivity index (χ1n) is 14.3. The van der Waals surface area contributed by atoms with Crippen LogP contribution < -0.4 is 10.5 Å². The van der Waals surface area contributed by atoms with E-state index >= 15 is 0 Å². The van der Waals surface area contributed by atoms with Crippen molar-refractivity contribution in [3.05, 3.63) is 79.2 Å². The van der Waals surface area contributed by atoms with Gasteiger partial charge in [-0.25, -0.2) is 9.37 Å². The first-order chi connectivity index (χ1) is 21.7. The van der Waals surface area contributed by atoms with Gasteiger partial charge in [0, 0.05) is 38.6 Å². The number of nitrogens with zero attached hydrogens (tertiary/aromatic N) is 6. The van der Waals surface area contributed by atoms with Crippen LogP contribution in [0.2, 0.25) is 15.1 Å². The molecule has 3 aromatic rings. The number of anilines is 1. The maximum Gasteiger partial charge on any atom is 0.276 e. The van der Waals surface area contributed by atoms with E-state index in [0.717, 1.165) is 5.57 Å². The van der Waals surface area contributed by atoms with E-state index in [2.05, 4.69) is 12.6 Å². The van der Waals surface area contributed by atoms with Gasteiger partial charge in [0.1, 0.15) is 17.3 Å². The van der Waals surface area contributed by atoms with Crippen molar-refractivity contribution >= 4 is 63.1 Å². The number of amides is 1. The number of nitriles is 1. The number of phenolic OH excluding ortho intramolecular Hbond substituents is 1. The SMILES string of the molecule is C=CC(=O)N1CCN(c2c(C#N)c(=O)n(C3=C(C)C=CN(C)C3C(C)C)c3nc(-c4c(O)c(F)c(F)c(Cl)c4Cl)c(Cl)cc23)CC1. The molecule has 0 aliphatic carbocycles. The number of fused-ring (bicyclic) bond motifs is 1. The summed E-state index contributed by atoms with van der Waals surface area (Å²) in [6.07, 6.45) is 4.94. The monoisotopic (exact) mass is 688 g/mol. The van der Waals surface area contributed by atoms with Crippen molar-refractivity contribution in [2.24, 2.45) is 5.92 Å². The second-order valence-electron chi connectivity index (χ2n) is 11.4. The molecule has 1 saturated heterocycles. The third-order valence-electron chi connectivity index (χ3n) is 8.30. The maximum absolute atomic E-state index is 14.8. The van der Waals surface area contributed by atoms with E-state index in [-0.39, 0.29) is 58.6 Å². The van der Waals surface area contributed by atoms with Crippen molar-refractivity contribution in [1.82, 2.24) is 19.4 Å². The van der Waals surface area contributed by atoms with Crippen LogP contribution in [0.4, 0.5) is 14.5 Å². The van der Waals surface area contributed by atoms with Crippen LogP contribution in [0.15, 0.2) is 41.4 Å². The summed E-state index contributed by atoms with van der Waals surface area (Å²) >= 11 is 19.1. The highest BCUT2D eigenvalue weighted by Gasteiger charge is 2.34. The topological polar surface area (TPSA) is 106 Å². The quantitative estimate of drug-likeness (QED) is 0.187. The molecule has 0 radical (unpaired) electrons. The second-order valence-corrected chi connectivity index (χ2v) is 12.6. The summed E-state index contributed by atoms with van der Waals surface area (Å²) in [5, 5.41) is 20.0. The smallest absolute Gasteiger partial charge is 0.276 e. The summed E-state index contributed by atoms with van der Waals surface area (Å²) in [5.74, 6) is -4.62. The summed E-state index contributed by atoms with van der Waals surface area (Å²) in [5.41, 5.74) is -0.0167. The Bertz CT molecular complexity index is 1950. The van der Waals surface area contributed by atoms with Crippen molar-refractivity contribution < 1.29 is 18.7 Å². The lowest BCUT2D eigenvalue weighted by Crippen LogP contribution is -2.49. The Kier molecular flexibility index (Phi) is 9.10. The van der Waals surface area contributed by atoms with Crippen LogP contribution in [0.3, 0.4) is 0 Å². The van der Waals surface area contributed by atoms with Crippen LogP contribution in [0.25, 0.3) is 28.0 Å².